The molecule has 0 aliphatic heterocycles. The van der Waals surface area contributed by atoms with Gasteiger partial charge in [0.1, 0.15) is 5.65 Å². The lowest BCUT2D eigenvalue weighted by atomic mass is 10.3. The van der Waals surface area contributed by atoms with Crippen molar-refractivity contribution < 1.29 is 4.79 Å². The molecule has 5 nitrogen and oxygen atoms in total. The SMILES string of the molecule is CCNC(=O)CN(CC)Cc1cn2c(C)cccc2n1. The molecule has 108 valence electrons. The first-order valence-corrected chi connectivity index (χ1v) is 7.06. The van der Waals surface area contributed by atoms with Crippen LogP contribution in [0.1, 0.15) is 25.2 Å². The fourth-order valence-electron chi connectivity index (χ4n) is 2.24. The van der Waals surface area contributed by atoms with E-state index in [4.69, 9.17) is 0 Å². The van der Waals surface area contributed by atoms with Gasteiger partial charge in [-0.25, -0.2) is 4.98 Å². The molecular weight excluding hydrogens is 252 g/mol. The molecule has 2 aromatic rings. The Morgan fingerprint density at radius 1 is 1.40 bits per heavy atom. The highest BCUT2D eigenvalue weighted by atomic mass is 16.2. The van der Waals surface area contributed by atoms with Crippen LogP contribution >= 0.6 is 0 Å². The third kappa shape index (κ3) is 3.36. The first kappa shape index (κ1) is 14.5. The van der Waals surface area contributed by atoms with Gasteiger partial charge in [-0.2, -0.15) is 0 Å². The van der Waals surface area contributed by atoms with Gasteiger partial charge in [0.15, 0.2) is 0 Å². The van der Waals surface area contributed by atoms with E-state index in [1.807, 2.05) is 25.3 Å². The largest absolute Gasteiger partial charge is 0.355 e. The number of pyridine rings is 1. The van der Waals surface area contributed by atoms with Crippen LogP contribution in [0.2, 0.25) is 0 Å². The van der Waals surface area contributed by atoms with Crippen molar-refractivity contribution in [1.82, 2.24) is 19.6 Å². The number of likely N-dealkylation sites (N-methyl/N-ethyl adjacent to an activating group) is 2. The first-order chi connectivity index (χ1) is 9.63. The van der Waals surface area contributed by atoms with Gasteiger partial charge in [-0.05, 0) is 32.5 Å². The number of fused-ring (bicyclic) bond motifs is 1. The summed E-state index contributed by atoms with van der Waals surface area (Å²) in [5, 5.41) is 2.83. The number of aromatic nitrogens is 2. The average molecular weight is 274 g/mol. The van der Waals surface area contributed by atoms with Gasteiger partial charge in [0.05, 0.1) is 12.2 Å². The van der Waals surface area contributed by atoms with Gasteiger partial charge < -0.3 is 9.72 Å². The summed E-state index contributed by atoms with van der Waals surface area (Å²) >= 11 is 0. The number of hydrogen-bond donors (Lipinski definition) is 1. The van der Waals surface area contributed by atoms with Gasteiger partial charge in [-0.1, -0.05) is 13.0 Å². The number of hydrogen-bond acceptors (Lipinski definition) is 3. The quantitative estimate of drug-likeness (QED) is 0.870. The smallest absolute Gasteiger partial charge is 0.234 e. The molecule has 2 rings (SSSR count). The van der Waals surface area contributed by atoms with Crippen LogP contribution in [0.15, 0.2) is 24.4 Å². The Hall–Kier alpha value is -1.88. The van der Waals surface area contributed by atoms with Crippen LogP contribution in [0.3, 0.4) is 0 Å². The predicted octanol–water partition coefficient (Wildman–Crippen LogP) is 1.60. The second kappa shape index (κ2) is 6.52. The molecule has 0 aliphatic carbocycles. The van der Waals surface area contributed by atoms with Crippen molar-refractivity contribution in [2.75, 3.05) is 19.6 Å². The van der Waals surface area contributed by atoms with Gasteiger partial charge in [-0.3, -0.25) is 9.69 Å². The molecule has 0 aromatic carbocycles. The van der Waals surface area contributed by atoms with Gasteiger partial charge in [0.25, 0.3) is 0 Å². The van der Waals surface area contributed by atoms with Crippen molar-refractivity contribution in [1.29, 1.82) is 0 Å². The number of imidazole rings is 1. The maximum absolute atomic E-state index is 11.7. The van der Waals surface area contributed by atoms with E-state index < -0.39 is 0 Å². The normalized spacial score (nSPS) is 11.2. The molecular formula is C15H22N4O. The third-order valence-corrected chi connectivity index (χ3v) is 3.32. The van der Waals surface area contributed by atoms with Crippen molar-refractivity contribution in [3.05, 3.63) is 35.8 Å². The van der Waals surface area contributed by atoms with E-state index in [1.54, 1.807) is 0 Å². The highest BCUT2D eigenvalue weighted by molar-refractivity contribution is 5.77. The average Bonchev–Trinajstić information content (AvgIpc) is 2.82. The molecule has 0 saturated heterocycles. The van der Waals surface area contributed by atoms with Gasteiger partial charge in [-0.15, -0.1) is 0 Å². The van der Waals surface area contributed by atoms with Crippen LogP contribution < -0.4 is 5.32 Å². The summed E-state index contributed by atoms with van der Waals surface area (Å²) in [6.07, 6.45) is 2.05. The molecule has 2 heterocycles. The minimum absolute atomic E-state index is 0.0642. The first-order valence-electron chi connectivity index (χ1n) is 7.06. The molecule has 1 N–H and O–H groups in total. The highest BCUT2D eigenvalue weighted by Crippen LogP contribution is 2.10. The summed E-state index contributed by atoms with van der Waals surface area (Å²) in [5.74, 6) is 0.0642. The summed E-state index contributed by atoms with van der Waals surface area (Å²) < 4.78 is 2.08. The number of carbonyl (C=O) groups excluding carboxylic acids is 1. The number of amides is 1. The molecule has 0 atom stereocenters. The number of rotatable bonds is 6. The van der Waals surface area contributed by atoms with E-state index in [1.165, 1.54) is 0 Å². The molecule has 0 spiro atoms. The Bertz CT molecular complexity index is 591. The van der Waals surface area contributed by atoms with E-state index in [0.717, 1.165) is 23.6 Å². The summed E-state index contributed by atoms with van der Waals surface area (Å²) in [4.78, 5) is 18.3. The van der Waals surface area contributed by atoms with Crippen molar-refractivity contribution >= 4 is 11.6 Å². The zero-order chi connectivity index (χ0) is 14.5. The predicted molar refractivity (Wildman–Crippen MR) is 79.6 cm³/mol. The Morgan fingerprint density at radius 2 is 2.20 bits per heavy atom. The molecule has 5 heteroatoms. The van der Waals surface area contributed by atoms with Crippen molar-refractivity contribution in [3.63, 3.8) is 0 Å². The second-order valence-corrected chi connectivity index (χ2v) is 4.88. The molecule has 0 fully saturated rings. The van der Waals surface area contributed by atoms with E-state index in [0.29, 0.717) is 19.6 Å². The molecule has 0 bridgehead atoms. The Kier molecular flexibility index (Phi) is 4.74. The lowest BCUT2D eigenvalue weighted by Gasteiger charge is -2.18. The summed E-state index contributed by atoms with van der Waals surface area (Å²) in [7, 11) is 0. The summed E-state index contributed by atoms with van der Waals surface area (Å²) in [6.45, 7) is 8.64. The summed E-state index contributed by atoms with van der Waals surface area (Å²) in [6, 6.07) is 6.06. The van der Waals surface area contributed by atoms with Gasteiger partial charge in [0, 0.05) is 25.0 Å². The van der Waals surface area contributed by atoms with E-state index in [2.05, 4.69) is 39.5 Å². The molecule has 1 amide bonds. The minimum atomic E-state index is 0.0642. The summed E-state index contributed by atoms with van der Waals surface area (Å²) in [5.41, 5.74) is 3.10. The number of nitrogens with one attached hydrogen (secondary N) is 1. The van der Waals surface area contributed by atoms with Gasteiger partial charge >= 0.3 is 0 Å². The van der Waals surface area contributed by atoms with Gasteiger partial charge in [0.2, 0.25) is 5.91 Å². The molecule has 0 unspecified atom stereocenters. The fourth-order valence-corrected chi connectivity index (χ4v) is 2.24. The Morgan fingerprint density at radius 3 is 2.85 bits per heavy atom. The van der Waals surface area contributed by atoms with Crippen LogP contribution in [-0.2, 0) is 11.3 Å². The van der Waals surface area contributed by atoms with Crippen molar-refractivity contribution in [2.45, 2.75) is 27.3 Å². The monoisotopic (exact) mass is 274 g/mol. The minimum Gasteiger partial charge on any atom is -0.355 e. The number of aryl methyl sites for hydroxylation is 1. The van der Waals surface area contributed by atoms with Crippen LogP contribution in [0.5, 0.6) is 0 Å². The zero-order valence-corrected chi connectivity index (χ0v) is 12.4. The van der Waals surface area contributed by atoms with E-state index in [9.17, 15) is 4.79 Å². The van der Waals surface area contributed by atoms with Crippen LogP contribution in [-0.4, -0.2) is 39.8 Å². The van der Waals surface area contributed by atoms with Crippen molar-refractivity contribution in [3.8, 4) is 0 Å². The Labute approximate surface area is 119 Å². The van der Waals surface area contributed by atoms with Crippen LogP contribution in [0.4, 0.5) is 0 Å². The standard InChI is InChI=1S/C15H22N4O/c1-4-16-15(20)11-18(5-2)9-13-10-19-12(3)7-6-8-14(19)17-13/h6-8,10H,4-5,9,11H2,1-3H3,(H,16,20). The maximum Gasteiger partial charge on any atom is 0.234 e. The number of nitrogens with zero attached hydrogens (tertiary/aromatic N) is 3. The fraction of sp³-hybridized carbons (Fsp3) is 0.467. The lowest BCUT2D eigenvalue weighted by molar-refractivity contribution is -0.122. The zero-order valence-electron chi connectivity index (χ0n) is 12.4. The molecule has 20 heavy (non-hydrogen) atoms. The molecule has 0 saturated carbocycles. The molecule has 2 aromatic heterocycles. The highest BCUT2D eigenvalue weighted by Gasteiger charge is 2.11. The topological polar surface area (TPSA) is 49.6 Å². The maximum atomic E-state index is 11.7. The Balaban J connectivity index is 2.09. The second-order valence-electron chi connectivity index (χ2n) is 4.88. The van der Waals surface area contributed by atoms with E-state index >= 15 is 0 Å². The van der Waals surface area contributed by atoms with Crippen LogP contribution in [0, 0.1) is 6.92 Å². The molecule has 0 radical (unpaired) electrons. The van der Waals surface area contributed by atoms with Crippen molar-refractivity contribution in [2.24, 2.45) is 0 Å². The van der Waals surface area contributed by atoms with E-state index in [-0.39, 0.29) is 5.91 Å². The number of carbonyl (C=O) groups is 1. The molecule has 0 aliphatic rings. The third-order valence-electron chi connectivity index (χ3n) is 3.32. The lowest BCUT2D eigenvalue weighted by Crippen LogP contribution is -2.36. The van der Waals surface area contributed by atoms with Crippen LogP contribution in [0.25, 0.3) is 5.65 Å².